The minimum Gasteiger partial charge on any atom is -0.467 e. The highest BCUT2D eigenvalue weighted by molar-refractivity contribution is 6.34. The molecule has 1 saturated heterocycles. The zero-order valence-corrected chi connectivity index (χ0v) is 17.7. The third-order valence-corrected chi connectivity index (χ3v) is 5.78. The number of fused-ring (bicyclic) bond motifs is 1. The van der Waals surface area contributed by atoms with Crippen LogP contribution in [0.4, 0.5) is 5.69 Å². The highest BCUT2D eigenvalue weighted by Gasteiger charge is 2.27. The van der Waals surface area contributed by atoms with Crippen LogP contribution >= 0.6 is 11.6 Å². The number of carbonyl (C=O) groups excluding carboxylic acids is 3. The van der Waals surface area contributed by atoms with Gasteiger partial charge < -0.3 is 19.9 Å². The second-order valence-electron chi connectivity index (χ2n) is 7.43. The van der Waals surface area contributed by atoms with E-state index in [4.69, 9.17) is 16.3 Å². The largest absolute Gasteiger partial charge is 0.467 e. The van der Waals surface area contributed by atoms with Crippen molar-refractivity contribution >= 4 is 46.0 Å². The molecule has 2 aromatic carbocycles. The van der Waals surface area contributed by atoms with Crippen LogP contribution in [0.15, 0.2) is 48.7 Å². The molecule has 1 aromatic heterocycles. The van der Waals surface area contributed by atoms with Gasteiger partial charge in [-0.1, -0.05) is 29.8 Å². The molecule has 0 saturated carbocycles. The van der Waals surface area contributed by atoms with Crippen molar-refractivity contribution in [2.75, 3.05) is 18.6 Å². The molecule has 31 heavy (non-hydrogen) atoms. The van der Waals surface area contributed by atoms with Gasteiger partial charge in [-0.15, -0.1) is 0 Å². The first kappa shape index (κ1) is 20.9. The number of nitrogens with zero attached hydrogens (tertiary/aromatic N) is 1. The van der Waals surface area contributed by atoms with Gasteiger partial charge >= 0.3 is 5.97 Å². The van der Waals surface area contributed by atoms with Crippen molar-refractivity contribution in [3.8, 4) is 0 Å². The highest BCUT2D eigenvalue weighted by atomic mass is 35.5. The second-order valence-corrected chi connectivity index (χ2v) is 7.84. The Morgan fingerprint density at radius 1 is 1.26 bits per heavy atom. The summed E-state index contributed by atoms with van der Waals surface area (Å²) in [5.41, 5.74) is 2.66. The van der Waals surface area contributed by atoms with Crippen LogP contribution in [0.25, 0.3) is 10.9 Å². The Hall–Kier alpha value is -3.32. The van der Waals surface area contributed by atoms with Crippen LogP contribution in [0.3, 0.4) is 0 Å². The molecule has 0 radical (unpaired) electrons. The summed E-state index contributed by atoms with van der Waals surface area (Å²) in [5.74, 6) is -1.01. The van der Waals surface area contributed by atoms with Crippen LogP contribution in [0.1, 0.15) is 28.8 Å². The van der Waals surface area contributed by atoms with E-state index in [2.05, 4.69) is 10.3 Å². The highest BCUT2D eigenvalue weighted by Crippen LogP contribution is 2.30. The molecule has 2 heterocycles. The molecule has 1 fully saturated rings. The topological polar surface area (TPSA) is 91.5 Å². The van der Waals surface area contributed by atoms with E-state index in [0.717, 1.165) is 22.9 Å². The van der Waals surface area contributed by atoms with E-state index in [1.54, 1.807) is 23.1 Å². The molecular formula is C23H22ClN3O4. The lowest BCUT2D eigenvalue weighted by Crippen LogP contribution is -2.43. The Bertz CT molecular complexity index is 1160. The SMILES string of the molecule is COC(=O)[C@H](Cc1c[nH]c2ccccc12)NC(=O)c1ccc(Cl)c(N2CCCC2=O)c1. The first-order valence-electron chi connectivity index (χ1n) is 10.0. The van der Waals surface area contributed by atoms with Gasteiger partial charge in [-0.25, -0.2) is 4.79 Å². The zero-order chi connectivity index (χ0) is 22.0. The molecule has 0 aliphatic carbocycles. The van der Waals surface area contributed by atoms with Gasteiger partial charge in [0.15, 0.2) is 0 Å². The molecule has 1 aliphatic rings. The lowest BCUT2D eigenvalue weighted by atomic mass is 10.0. The maximum Gasteiger partial charge on any atom is 0.328 e. The number of amides is 2. The van der Waals surface area contributed by atoms with Gasteiger partial charge in [-0.2, -0.15) is 0 Å². The van der Waals surface area contributed by atoms with Crippen molar-refractivity contribution in [3.05, 3.63) is 64.8 Å². The van der Waals surface area contributed by atoms with Gasteiger partial charge in [0.2, 0.25) is 5.91 Å². The summed E-state index contributed by atoms with van der Waals surface area (Å²) >= 11 is 6.27. The Labute approximate surface area is 184 Å². The predicted molar refractivity (Wildman–Crippen MR) is 118 cm³/mol. The summed E-state index contributed by atoms with van der Waals surface area (Å²) < 4.78 is 4.91. The Kier molecular flexibility index (Phi) is 5.95. The third kappa shape index (κ3) is 4.27. The zero-order valence-electron chi connectivity index (χ0n) is 17.0. The summed E-state index contributed by atoms with van der Waals surface area (Å²) in [6.45, 7) is 0.564. The number of aromatic amines is 1. The molecule has 3 aromatic rings. The van der Waals surface area contributed by atoms with Crippen molar-refractivity contribution < 1.29 is 19.1 Å². The molecule has 7 nitrogen and oxygen atoms in total. The Morgan fingerprint density at radius 2 is 2.06 bits per heavy atom. The van der Waals surface area contributed by atoms with Crippen molar-refractivity contribution in [2.24, 2.45) is 0 Å². The van der Waals surface area contributed by atoms with E-state index >= 15 is 0 Å². The van der Waals surface area contributed by atoms with Crippen LogP contribution in [0, 0.1) is 0 Å². The Balaban J connectivity index is 1.57. The van der Waals surface area contributed by atoms with Gasteiger partial charge in [0.05, 0.1) is 17.8 Å². The number of rotatable bonds is 6. The number of nitrogens with one attached hydrogen (secondary N) is 2. The lowest BCUT2D eigenvalue weighted by molar-refractivity contribution is -0.142. The standard InChI is InChI=1S/C23H22ClN3O4/c1-31-23(30)19(11-15-13-25-18-6-3-2-5-16(15)18)26-22(29)14-8-9-17(24)20(12-14)27-10-4-7-21(27)28/h2-3,5-6,8-9,12-13,19,25H,4,7,10-11H2,1H3,(H,26,29)/t19-/m0/s1. The number of carbonyl (C=O) groups is 3. The minimum absolute atomic E-state index is 0.0220. The summed E-state index contributed by atoms with van der Waals surface area (Å²) in [6.07, 6.45) is 3.31. The number of methoxy groups -OCH3 is 1. The second kappa shape index (κ2) is 8.81. The summed E-state index contributed by atoms with van der Waals surface area (Å²) in [5, 5.41) is 4.14. The number of para-hydroxylation sites is 1. The predicted octanol–water partition coefficient (Wildman–Crippen LogP) is 3.46. The van der Waals surface area contributed by atoms with Crippen molar-refractivity contribution in [3.63, 3.8) is 0 Å². The van der Waals surface area contributed by atoms with Gasteiger partial charge in [0, 0.05) is 42.0 Å². The van der Waals surface area contributed by atoms with Crippen LogP contribution in [0.2, 0.25) is 5.02 Å². The molecule has 8 heteroatoms. The molecule has 1 atom stereocenters. The lowest BCUT2D eigenvalue weighted by Gasteiger charge is -2.19. The summed E-state index contributed by atoms with van der Waals surface area (Å²) in [7, 11) is 1.29. The number of H-pyrrole nitrogens is 1. The van der Waals surface area contributed by atoms with Gasteiger partial charge in [0.25, 0.3) is 5.91 Å². The monoisotopic (exact) mass is 439 g/mol. The number of aromatic nitrogens is 1. The molecule has 0 bridgehead atoms. The number of benzene rings is 2. The van der Waals surface area contributed by atoms with Crippen molar-refractivity contribution in [1.29, 1.82) is 0 Å². The number of esters is 1. The Morgan fingerprint density at radius 3 is 2.81 bits per heavy atom. The van der Waals surface area contributed by atoms with Gasteiger partial charge in [-0.3, -0.25) is 9.59 Å². The van der Waals surface area contributed by atoms with Crippen molar-refractivity contribution in [1.82, 2.24) is 10.3 Å². The van der Waals surface area contributed by atoms with E-state index in [-0.39, 0.29) is 12.3 Å². The van der Waals surface area contributed by atoms with E-state index < -0.39 is 17.9 Å². The van der Waals surface area contributed by atoms with Gasteiger partial charge in [-0.05, 0) is 36.2 Å². The molecule has 1 aliphatic heterocycles. The fraction of sp³-hybridized carbons (Fsp3) is 0.261. The number of hydrogen-bond acceptors (Lipinski definition) is 4. The molecule has 0 spiro atoms. The van der Waals surface area contributed by atoms with E-state index in [1.807, 2.05) is 30.5 Å². The molecule has 160 valence electrons. The fourth-order valence-corrected chi connectivity index (χ4v) is 4.08. The van der Waals surface area contributed by atoms with E-state index in [1.165, 1.54) is 7.11 Å². The number of anilines is 1. The van der Waals surface area contributed by atoms with Crippen LogP contribution in [0.5, 0.6) is 0 Å². The molecule has 4 rings (SSSR count). The average Bonchev–Trinajstić information content (AvgIpc) is 3.39. The maximum atomic E-state index is 13.0. The van der Waals surface area contributed by atoms with E-state index in [0.29, 0.717) is 29.2 Å². The first-order valence-corrected chi connectivity index (χ1v) is 10.4. The molecule has 2 amide bonds. The van der Waals surface area contributed by atoms with Gasteiger partial charge in [0.1, 0.15) is 6.04 Å². The third-order valence-electron chi connectivity index (χ3n) is 5.46. The normalized spacial score (nSPS) is 14.6. The fourth-order valence-electron chi connectivity index (χ4n) is 3.86. The molecular weight excluding hydrogens is 418 g/mol. The number of hydrogen-bond donors (Lipinski definition) is 2. The maximum absolute atomic E-state index is 13.0. The number of halogens is 1. The van der Waals surface area contributed by atoms with Crippen LogP contribution in [-0.2, 0) is 20.7 Å². The first-order chi connectivity index (χ1) is 15.0. The number of ether oxygens (including phenoxy) is 1. The summed E-state index contributed by atoms with van der Waals surface area (Å²) in [4.78, 5) is 42.2. The molecule has 2 N–H and O–H groups in total. The quantitative estimate of drug-likeness (QED) is 0.575. The minimum atomic E-state index is -0.871. The van der Waals surface area contributed by atoms with E-state index in [9.17, 15) is 14.4 Å². The van der Waals surface area contributed by atoms with Crippen LogP contribution < -0.4 is 10.2 Å². The summed E-state index contributed by atoms with van der Waals surface area (Å²) in [6, 6.07) is 11.6. The van der Waals surface area contributed by atoms with Crippen LogP contribution in [-0.4, -0.2) is 42.5 Å². The molecule has 0 unspecified atom stereocenters. The van der Waals surface area contributed by atoms with Crippen molar-refractivity contribution in [2.45, 2.75) is 25.3 Å². The average molecular weight is 440 g/mol. The smallest absolute Gasteiger partial charge is 0.328 e.